The van der Waals surface area contributed by atoms with Gasteiger partial charge < -0.3 is 5.32 Å². The van der Waals surface area contributed by atoms with Crippen molar-refractivity contribution in [2.24, 2.45) is 0 Å². The lowest BCUT2D eigenvalue weighted by atomic mass is 10.2. The van der Waals surface area contributed by atoms with Crippen molar-refractivity contribution in [3.8, 4) is 11.3 Å². The van der Waals surface area contributed by atoms with Crippen LogP contribution in [0.4, 0.5) is 5.95 Å². The third-order valence-corrected chi connectivity index (χ3v) is 3.62. The van der Waals surface area contributed by atoms with E-state index in [1.807, 2.05) is 42.8 Å². The number of aromatic nitrogens is 5. The van der Waals surface area contributed by atoms with E-state index in [1.165, 1.54) is 0 Å². The molecule has 0 unspecified atom stereocenters. The molecular formula is C16H17ClN6. The van der Waals surface area contributed by atoms with E-state index in [2.05, 4.69) is 31.7 Å². The molecule has 0 aliphatic rings. The van der Waals surface area contributed by atoms with Crippen molar-refractivity contribution in [3.05, 3.63) is 52.9 Å². The third-order valence-electron chi connectivity index (χ3n) is 3.39. The van der Waals surface area contributed by atoms with E-state index in [4.69, 9.17) is 11.6 Å². The Balaban J connectivity index is 1.67. The van der Waals surface area contributed by atoms with Crippen molar-refractivity contribution in [2.75, 3.05) is 11.9 Å². The number of anilines is 1. The van der Waals surface area contributed by atoms with Crippen molar-refractivity contribution in [1.29, 1.82) is 0 Å². The molecule has 23 heavy (non-hydrogen) atoms. The smallest absolute Gasteiger partial charge is 0.243 e. The summed E-state index contributed by atoms with van der Waals surface area (Å²) in [6, 6.07) is 9.56. The molecule has 7 heteroatoms. The quantitative estimate of drug-likeness (QED) is 0.779. The van der Waals surface area contributed by atoms with Gasteiger partial charge in [-0.2, -0.15) is 10.2 Å². The van der Waals surface area contributed by atoms with Crippen molar-refractivity contribution >= 4 is 17.5 Å². The molecule has 1 aromatic carbocycles. The van der Waals surface area contributed by atoms with E-state index < -0.39 is 0 Å². The van der Waals surface area contributed by atoms with Crippen LogP contribution in [0.5, 0.6) is 0 Å². The number of benzene rings is 1. The fraction of sp³-hybridized carbons (Fsp3) is 0.250. The second kappa shape index (κ2) is 6.75. The monoisotopic (exact) mass is 328 g/mol. The Morgan fingerprint density at radius 1 is 1.22 bits per heavy atom. The minimum absolute atomic E-state index is 0.490. The Bertz CT molecular complexity index is 814. The van der Waals surface area contributed by atoms with Crippen LogP contribution >= 0.6 is 11.6 Å². The summed E-state index contributed by atoms with van der Waals surface area (Å²) in [7, 11) is 0. The van der Waals surface area contributed by atoms with Crippen LogP contribution in [0.1, 0.15) is 11.4 Å². The highest BCUT2D eigenvalue weighted by Gasteiger charge is 2.05. The minimum Gasteiger partial charge on any atom is -0.351 e. The number of nitrogens with zero attached hydrogens (tertiary/aromatic N) is 5. The average molecular weight is 329 g/mol. The van der Waals surface area contributed by atoms with Crippen LogP contribution in [0.3, 0.4) is 0 Å². The molecule has 0 amide bonds. The summed E-state index contributed by atoms with van der Waals surface area (Å²) in [4.78, 5) is 4.47. The molecular weight excluding hydrogens is 312 g/mol. The van der Waals surface area contributed by atoms with E-state index in [9.17, 15) is 0 Å². The van der Waals surface area contributed by atoms with Gasteiger partial charge >= 0.3 is 0 Å². The van der Waals surface area contributed by atoms with Gasteiger partial charge in [0, 0.05) is 22.8 Å². The van der Waals surface area contributed by atoms with Crippen molar-refractivity contribution < 1.29 is 0 Å². The number of hydrogen-bond acceptors (Lipinski definition) is 5. The maximum atomic E-state index is 6.01. The van der Waals surface area contributed by atoms with Gasteiger partial charge in [0.1, 0.15) is 0 Å². The van der Waals surface area contributed by atoms with Crippen LogP contribution in [0.15, 0.2) is 36.5 Å². The Kier molecular flexibility index (Phi) is 4.52. The van der Waals surface area contributed by atoms with Gasteiger partial charge in [-0.05, 0) is 32.0 Å². The summed E-state index contributed by atoms with van der Waals surface area (Å²) in [5.41, 5.74) is 3.80. The first kappa shape index (κ1) is 15.4. The summed E-state index contributed by atoms with van der Waals surface area (Å²) in [5, 5.41) is 16.3. The van der Waals surface area contributed by atoms with Gasteiger partial charge in [0.05, 0.1) is 24.1 Å². The third kappa shape index (κ3) is 3.84. The molecule has 0 saturated carbocycles. The second-order valence-corrected chi connectivity index (χ2v) is 5.69. The van der Waals surface area contributed by atoms with E-state index in [1.54, 1.807) is 6.20 Å². The number of nitrogens with one attached hydrogen (secondary N) is 1. The Hall–Kier alpha value is -2.47. The van der Waals surface area contributed by atoms with Crippen molar-refractivity contribution in [2.45, 2.75) is 20.4 Å². The largest absolute Gasteiger partial charge is 0.351 e. The van der Waals surface area contributed by atoms with Gasteiger partial charge in [-0.25, -0.2) is 4.98 Å². The van der Waals surface area contributed by atoms with Crippen molar-refractivity contribution in [1.82, 2.24) is 25.0 Å². The summed E-state index contributed by atoms with van der Waals surface area (Å²) in [6.45, 7) is 5.43. The molecule has 0 atom stereocenters. The molecule has 0 bridgehead atoms. The first-order valence-corrected chi connectivity index (χ1v) is 7.70. The minimum atomic E-state index is 0.490. The fourth-order valence-electron chi connectivity index (χ4n) is 2.34. The Morgan fingerprint density at radius 2 is 2.09 bits per heavy atom. The average Bonchev–Trinajstić information content (AvgIpc) is 2.85. The molecule has 2 heterocycles. The van der Waals surface area contributed by atoms with Gasteiger partial charge in [-0.3, -0.25) is 4.68 Å². The number of halogens is 1. The maximum Gasteiger partial charge on any atom is 0.243 e. The molecule has 3 aromatic rings. The lowest BCUT2D eigenvalue weighted by molar-refractivity contribution is 0.613. The summed E-state index contributed by atoms with van der Waals surface area (Å²) in [6.07, 6.45) is 1.62. The van der Waals surface area contributed by atoms with Crippen LogP contribution in [0.25, 0.3) is 11.3 Å². The van der Waals surface area contributed by atoms with Crippen LogP contribution in [0, 0.1) is 13.8 Å². The van der Waals surface area contributed by atoms with Gasteiger partial charge in [0.15, 0.2) is 0 Å². The maximum absolute atomic E-state index is 6.01. The van der Waals surface area contributed by atoms with E-state index >= 15 is 0 Å². The second-order valence-electron chi connectivity index (χ2n) is 5.25. The van der Waals surface area contributed by atoms with Crippen LogP contribution in [0.2, 0.25) is 5.02 Å². The standard InChI is InChI=1S/C16H17ClN6/c1-11-8-12(2)23(22-11)7-6-18-16-20-15(10-19-21-16)13-4-3-5-14(17)9-13/h3-5,8-10H,6-7H2,1-2H3,(H,18,20,21). The first-order valence-electron chi connectivity index (χ1n) is 7.32. The number of rotatable bonds is 5. The predicted molar refractivity (Wildman–Crippen MR) is 90.5 cm³/mol. The fourth-order valence-corrected chi connectivity index (χ4v) is 2.53. The molecule has 2 aromatic heterocycles. The first-order chi connectivity index (χ1) is 11.1. The van der Waals surface area contributed by atoms with Gasteiger partial charge in [0.25, 0.3) is 0 Å². The van der Waals surface area contributed by atoms with Gasteiger partial charge in [0.2, 0.25) is 5.95 Å². The summed E-state index contributed by atoms with van der Waals surface area (Å²) < 4.78 is 1.95. The van der Waals surface area contributed by atoms with Crippen LogP contribution < -0.4 is 5.32 Å². The topological polar surface area (TPSA) is 68.5 Å². The molecule has 0 aliphatic carbocycles. The SMILES string of the molecule is Cc1cc(C)n(CCNc2nncc(-c3cccc(Cl)c3)n2)n1. The van der Waals surface area contributed by atoms with Gasteiger partial charge in [-0.15, -0.1) is 5.10 Å². The van der Waals surface area contributed by atoms with Crippen LogP contribution in [-0.2, 0) is 6.54 Å². The zero-order chi connectivity index (χ0) is 16.2. The molecule has 6 nitrogen and oxygen atoms in total. The summed E-state index contributed by atoms with van der Waals surface area (Å²) >= 11 is 6.01. The number of aryl methyl sites for hydroxylation is 2. The van der Waals surface area contributed by atoms with E-state index in [0.717, 1.165) is 29.2 Å². The molecule has 0 fully saturated rings. The number of hydrogen-bond donors (Lipinski definition) is 1. The highest BCUT2D eigenvalue weighted by atomic mass is 35.5. The highest BCUT2D eigenvalue weighted by Crippen LogP contribution is 2.20. The Morgan fingerprint density at radius 3 is 2.83 bits per heavy atom. The Labute approximate surface area is 139 Å². The zero-order valence-corrected chi connectivity index (χ0v) is 13.7. The van der Waals surface area contributed by atoms with E-state index in [-0.39, 0.29) is 0 Å². The normalized spacial score (nSPS) is 10.7. The lowest BCUT2D eigenvalue weighted by Gasteiger charge is -2.07. The molecule has 0 radical (unpaired) electrons. The summed E-state index contributed by atoms with van der Waals surface area (Å²) in [5.74, 6) is 0.490. The predicted octanol–water partition coefficient (Wildman–Crippen LogP) is 3.12. The molecule has 0 saturated heterocycles. The lowest BCUT2D eigenvalue weighted by Crippen LogP contribution is -2.14. The van der Waals surface area contributed by atoms with E-state index in [0.29, 0.717) is 17.5 Å². The molecule has 3 rings (SSSR count). The highest BCUT2D eigenvalue weighted by molar-refractivity contribution is 6.30. The van der Waals surface area contributed by atoms with Gasteiger partial charge in [-0.1, -0.05) is 23.7 Å². The molecule has 1 N–H and O–H groups in total. The van der Waals surface area contributed by atoms with Crippen molar-refractivity contribution in [3.63, 3.8) is 0 Å². The van der Waals surface area contributed by atoms with Crippen LogP contribution in [-0.4, -0.2) is 31.5 Å². The molecule has 0 spiro atoms. The zero-order valence-electron chi connectivity index (χ0n) is 13.0. The molecule has 0 aliphatic heterocycles. The molecule has 118 valence electrons.